The van der Waals surface area contributed by atoms with E-state index >= 15 is 0 Å². The summed E-state index contributed by atoms with van der Waals surface area (Å²) in [5.74, 6) is 0.343. The van der Waals surface area contributed by atoms with Crippen molar-refractivity contribution < 1.29 is 5.11 Å². The van der Waals surface area contributed by atoms with Crippen LogP contribution in [0.2, 0.25) is 0 Å². The van der Waals surface area contributed by atoms with Gasteiger partial charge >= 0.3 is 0 Å². The molecule has 0 spiro atoms. The lowest BCUT2D eigenvalue weighted by molar-refractivity contribution is 0.458. The fourth-order valence-corrected chi connectivity index (χ4v) is 2.10. The maximum absolute atomic E-state index is 9.81. The van der Waals surface area contributed by atoms with Gasteiger partial charge in [0, 0.05) is 5.69 Å². The molecule has 2 aromatic carbocycles. The summed E-state index contributed by atoms with van der Waals surface area (Å²) in [4.78, 5) is 0.837. The van der Waals surface area contributed by atoms with Gasteiger partial charge < -0.3 is 9.83 Å². The van der Waals surface area contributed by atoms with Gasteiger partial charge in [-0.2, -0.15) is 0 Å². The Morgan fingerprint density at radius 1 is 1.00 bits per heavy atom. The molecule has 0 aliphatic heterocycles. The fraction of sp³-hybridized carbons (Fsp3) is 0.0769. The molecule has 16 heavy (non-hydrogen) atoms. The first-order chi connectivity index (χ1) is 7.77. The van der Waals surface area contributed by atoms with Crippen molar-refractivity contribution in [3.05, 3.63) is 54.1 Å². The average molecular weight is 231 g/mol. The van der Waals surface area contributed by atoms with Crippen molar-refractivity contribution in [3.8, 4) is 5.75 Å². The smallest absolute Gasteiger partial charge is 0.133 e. The van der Waals surface area contributed by atoms with E-state index in [9.17, 15) is 5.11 Å². The second-order valence-corrected chi connectivity index (χ2v) is 4.34. The number of anilines is 1. The number of aromatic hydroxyl groups is 1. The Bertz CT molecular complexity index is 471. The van der Waals surface area contributed by atoms with Crippen molar-refractivity contribution in [2.45, 2.75) is 11.8 Å². The summed E-state index contributed by atoms with van der Waals surface area (Å²) in [6.45, 7) is 1.89. The quantitative estimate of drug-likeness (QED) is 0.788. The summed E-state index contributed by atoms with van der Waals surface area (Å²) in [5, 5.41) is 9.81. The Morgan fingerprint density at radius 3 is 2.50 bits per heavy atom. The van der Waals surface area contributed by atoms with Crippen LogP contribution in [-0.2, 0) is 0 Å². The molecule has 0 fully saturated rings. The topological polar surface area (TPSA) is 32.3 Å². The van der Waals surface area contributed by atoms with Crippen LogP contribution in [0, 0.1) is 6.92 Å². The molecule has 0 heterocycles. The third-order valence-corrected chi connectivity index (χ3v) is 3.14. The Labute approximate surface area is 99.5 Å². The molecule has 82 valence electrons. The zero-order valence-corrected chi connectivity index (χ0v) is 9.79. The van der Waals surface area contributed by atoms with Crippen LogP contribution in [0.15, 0.2) is 53.4 Å². The van der Waals surface area contributed by atoms with Crippen molar-refractivity contribution in [1.29, 1.82) is 0 Å². The molecule has 0 bridgehead atoms. The fourth-order valence-electron chi connectivity index (χ4n) is 1.33. The van der Waals surface area contributed by atoms with E-state index in [1.807, 2.05) is 55.5 Å². The molecule has 2 nitrogen and oxygen atoms in total. The van der Waals surface area contributed by atoms with Gasteiger partial charge in [0.2, 0.25) is 0 Å². The summed E-state index contributed by atoms with van der Waals surface area (Å²) in [7, 11) is 0. The molecule has 0 aliphatic carbocycles. The Hall–Kier alpha value is -1.61. The Kier molecular flexibility index (Phi) is 3.37. The third-order valence-electron chi connectivity index (χ3n) is 2.25. The molecule has 0 atom stereocenters. The first-order valence-electron chi connectivity index (χ1n) is 5.04. The number of aryl methyl sites for hydroxylation is 1. The number of hydrogen-bond acceptors (Lipinski definition) is 3. The minimum absolute atomic E-state index is 0.343. The maximum Gasteiger partial charge on any atom is 0.133 e. The highest BCUT2D eigenvalue weighted by Crippen LogP contribution is 2.31. The number of phenolic OH excluding ortho intramolecular Hbond substituents is 1. The molecular formula is C13H13NOS. The van der Waals surface area contributed by atoms with Crippen molar-refractivity contribution in [2.24, 2.45) is 0 Å². The molecule has 0 aliphatic rings. The SMILES string of the molecule is Cc1cccc(SNc2ccccc2)c1O. The highest BCUT2D eigenvalue weighted by atomic mass is 32.2. The number of rotatable bonds is 3. The minimum atomic E-state index is 0.343. The summed E-state index contributed by atoms with van der Waals surface area (Å²) in [6, 6.07) is 15.6. The van der Waals surface area contributed by atoms with Gasteiger partial charge in [0.05, 0.1) is 4.90 Å². The normalized spacial score (nSPS) is 10.1. The summed E-state index contributed by atoms with van der Waals surface area (Å²) >= 11 is 1.41. The summed E-state index contributed by atoms with van der Waals surface area (Å²) < 4.78 is 3.19. The van der Waals surface area contributed by atoms with Gasteiger partial charge in [-0.15, -0.1) is 0 Å². The van der Waals surface area contributed by atoms with E-state index in [1.165, 1.54) is 11.9 Å². The van der Waals surface area contributed by atoms with Crippen molar-refractivity contribution in [2.75, 3.05) is 4.72 Å². The average Bonchev–Trinajstić information content (AvgIpc) is 2.32. The molecule has 0 amide bonds. The second-order valence-electron chi connectivity index (χ2n) is 3.49. The lowest BCUT2D eigenvalue weighted by Crippen LogP contribution is -1.87. The molecule has 0 unspecified atom stereocenters. The molecule has 3 heteroatoms. The van der Waals surface area contributed by atoms with Gasteiger partial charge in [0.25, 0.3) is 0 Å². The number of nitrogens with one attached hydrogen (secondary N) is 1. The van der Waals surface area contributed by atoms with Crippen LogP contribution >= 0.6 is 11.9 Å². The summed E-state index contributed by atoms with van der Waals surface area (Å²) in [5.41, 5.74) is 1.91. The van der Waals surface area contributed by atoms with E-state index in [0.717, 1.165) is 16.1 Å². The van der Waals surface area contributed by atoms with Crippen LogP contribution < -0.4 is 4.72 Å². The first-order valence-corrected chi connectivity index (χ1v) is 5.85. The zero-order chi connectivity index (χ0) is 11.4. The van der Waals surface area contributed by atoms with Crippen LogP contribution in [0.3, 0.4) is 0 Å². The van der Waals surface area contributed by atoms with Crippen molar-refractivity contribution in [3.63, 3.8) is 0 Å². The van der Waals surface area contributed by atoms with Crippen molar-refractivity contribution in [1.82, 2.24) is 0 Å². The molecular weight excluding hydrogens is 218 g/mol. The van der Waals surface area contributed by atoms with Gasteiger partial charge in [0.1, 0.15) is 5.75 Å². The molecule has 2 aromatic rings. The standard InChI is InChI=1S/C13H13NOS/c1-10-6-5-9-12(13(10)15)16-14-11-7-3-2-4-8-11/h2-9,14-15H,1H3. The molecule has 2 rings (SSSR count). The van der Waals surface area contributed by atoms with Gasteiger partial charge in [-0.1, -0.05) is 30.3 Å². The number of benzene rings is 2. The third kappa shape index (κ3) is 2.49. The van der Waals surface area contributed by atoms with Gasteiger partial charge in [0.15, 0.2) is 0 Å². The van der Waals surface area contributed by atoms with Crippen molar-refractivity contribution >= 4 is 17.6 Å². The van der Waals surface area contributed by atoms with Gasteiger partial charge in [-0.05, 0) is 42.6 Å². The number of para-hydroxylation sites is 2. The molecule has 0 saturated heterocycles. The van der Waals surface area contributed by atoms with Crippen LogP contribution in [0.5, 0.6) is 5.75 Å². The van der Waals surface area contributed by atoms with Gasteiger partial charge in [-0.3, -0.25) is 0 Å². The van der Waals surface area contributed by atoms with E-state index in [1.54, 1.807) is 0 Å². The Balaban J connectivity index is 2.08. The van der Waals surface area contributed by atoms with E-state index in [4.69, 9.17) is 0 Å². The second kappa shape index (κ2) is 4.94. The monoisotopic (exact) mass is 231 g/mol. The molecule has 0 aromatic heterocycles. The zero-order valence-electron chi connectivity index (χ0n) is 8.97. The number of hydrogen-bond donors (Lipinski definition) is 2. The van der Waals surface area contributed by atoms with E-state index < -0.39 is 0 Å². The molecule has 2 N–H and O–H groups in total. The van der Waals surface area contributed by atoms with Crippen LogP contribution in [0.4, 0.5) is 5.69 Å². The molecule has 0 saturated carbocycles. The molecule has 0 radical (unpaired) electrons. The van der Waals surface area contributed by atoms with E-state index in [-0.39, 0.29) is 0 Å². The largest absolute Gasteiger partial charge is 0.506 e. The first kappa shape index (κ1) is 10.9. The predicted octanol–water partition coefficient (Wildman–Crippen LogP) is 3.82. The van der Waals surface area contributed by atoms with Gasteiger partial charge in [-0.25, -0.2) is 0 Å². The van der Waals surface area contributed by atoms with Crippen LogP contribution in [-0.4, -0.2) is 5.11 Å². The minimum Gasteiger partial charge on any atom is -0.506 e. The highest BCUT2D eigenvalue weighted by molar-refractivity contribution is 8.00. The Morgan fingerprint density at radius 2 is 1.75 bits per heavy atom. The van der Waals surface area contributed by atoms with E-state index in [2.05, 4.69) is 4.72 Å². The predicted molar refractivity (Wildman–Crippen MR) is 68.8 cm³/mol. The van der Waals surface area contributed by atoms with E-state index in [0.29, 0.717) is 5.75 Å². The maximum atomic E-state index is 9.81. The summed E-state index contributed by atoms with van der Waals surface area (Å²) in [6.07, 6.45) is 0. The van der Waals surface area contributed by atoms with Crippen LogP contribution in [0.1, 0.15) is 5.56 Å². The highest BCUT2D eigenvalue weighted by Gasteiger charge is 2.03. The number of phenols is 1. The lowest BCUT2D eigenvalue weighted by atomic mass is 10.2. The lowest BCUT2D eigenvalue weighted by Gasteiger charge is -2.08. The van der Waals surface area contributed by atoms with Crippen LogP contribution in [0.25, 0.3) is 0 Å².